The van der Waals surface area contributed by atoms with Crippen LogP contribution in [0.15, 0.2) is 18.2 Å². The summed E-state index contributed by atoms with van der Waals surface area (Å²) in [6.07, 6.45) is 2.06. The van der Waals surface area contributed by atoms with Crippen molar-refractivity contribution in [3.05, 3.63) is 28.2 Å². The van der Waals surface area contributed by atoms with E-state index in [0.717, 1.165) is 12.8 Å². The van der Waals surface area contributed by atoms with Crippen LogP contribution in [-0.2, 0) is 9.59 Å². The zero-order chi connectivity index (χ0) is 13.6. The molecule has 1 atom stereocenters. The third-order valence-corrected chi connectivity index (χ3v) is 4.09. The Morgan fingerprint density at radius 2 is 1.89 bits per heavy atom. The number of nitrogens with zero attached hydrogens (tertiary/aromatic N) is 1. The summed E-state index contributed by atoms with van der Waals surface area (Å²) in [5.41, 5.74) is 0.693. The molecule has 6 heteroatoms. The van der Waals surface area contributed by atoms with Crippen molar-refractivity contribution in [1.82, 2.24) is 4.90 Å². The molecule has 1 saturated carbocycles. The van der Waals surface area contributed by atoms with Crippen molar-refractivity contribution < 1.29 is 9.59 Å². The third kappa shape index (κ3) is 2.42. The van der Waals surface area contributed by atoms with Gasteiger partial charge in [0.1, 0.15) is 6.04 Å². The van der Waals surface area contributed by atoms with Gasteiger partial charge in [-0.3, -0.25) is 14.5 Å². The lowest BCUT2D eigenvalue weighted by molar-refractivity contribution is -0.139. The molecule has 2 fully saturated rings. The van der Waals surface area contributed by atoms with Gasteiger partial charge in [0, 0.05) is 11.7 Å². The van der Waals surface area contributed by atoms with Gasteiger partial charge in [-0.1, -0.05) is 23.2 Å². The zero-order valence-corrected chi connectivity index (χ0v) is 11.5. The first-order valence-electron chi connectivity index (χ1n) is 6.14. The van der Waals surface area contributed by atoms with Gasteiger partial charge >= 0.3 is 0 Å². The number of anilines is 1. The third-order valence-electron chi connectivity index (χ3n) is 3.36. The molecule has 0 radical (unpaired) electrons. The average molecular weight is 299 g/mol. The van der Waals surface area contributed by atoms with E-state index in [0.29, 0.717) is 15.7 Å². The molecule has 100 valence electrons. The Morgan fingerprint density at radius 3 is 2.53 bits per heavy atom. The van der Waals surface area contributed by atoms with E-state index in [1.165, 1.54) is 4.90 Å². The number of carbonyl (C=O) groups is 2. The lowest BCUT2D eigenvalue weighted by Gasteiger charge is -2.15. The van der Waals surface area contributed by atoms with Crippen molar-refractivity contribution in [2.75, 3.05) is 5.32 Å². The molecule has 3 rings (SSSR count). The Kier molecular flexibility index (Phi) is 3.15. The standard InChI is InChI=1S/C13H12Cl2N2O2/c14-9-4-1-7(5-10(9)15)16-11-6-12(18)17(13(11)19)8-2-3-8/h1,4-5,8,11,16H,2-3,6H2. The highest BCUT2D eigenvalue weighted by atomic mass is 35.5. The number of likely N-dealkylation sites (tertiary alicyclic amines) is 1. The van der Waals surface area contributed by atoms with E-state index in [9.17, 15) is 9.59 Å². The number of hydrogen-bond acceptors (Lipinski definition) is 3. The molecule has 1 heterocycles. The molecule has 0 bridgehead atoms. The molecule has 1 aliphatic carbocycles. The summed E-state index contributed by atoms with van der Waals surface area (Å²) < 4.78 is 0. The Hall–Kier alpha value is -1.26. The maximum atomic E-state index is 12.1. The monoisotopic (exact) mass is 298 g/mol. The first kappa shape index (κ1) is 12.8. The van der Waals surface area contributed by atoms with E-state index in [4.69, 9.17) is 23.2 Å². The van der Waals surface area contributed by atoms with Crippen LogP contribution in [0.5, 0.6) is 0 Å². The highest BCUT2D eigenvalue weighted by molar-refractivity contribution is 6.42. The minimum absolute atomic E-state index is 0.0925. The Morgan fingerprint density at radius 1 is 1.16 bits per heavy atom. The lowest BCUT2D eigenvalue weighted by atomic mass is 10.2. The van der Waals surface area contributed by atoms with Gasteiger partial charge in [-0.15, -0.1) is 0 Å². The Balaban J connectivity index is 1.74. The Bertz CT molecular complexity index is 558. The normalized spacial score (nSPS) is 23.1. The molecule has 1 N–H and O–H groups in total. The van der Waals surface area contributed by atoms with E-state index in [-0.39, 0.29) is 24.3 Å². The molecule has 1 aromatic rings. The van der Waals surface area contributed by atoms with E-state index < -0.39 is 6.04 Å². The van der Waals surface area contributed by atoms with Gasteiger partial charge in [0.05, 0.1) is 16.5 Å². The fourth-order valence-electron chi connectivity index (χ4n) is 2.27. The van der Waals surface area contributed by atoms with E-state index >= 15 is 0 Å². The van der Waals surface area contributed by atoms with Crippen LogP contribution >= 0.6 is 23.2 Å². The van der Waals surface area contributed by atoms with Crippen molar-refractivity contribution in [1.29, 1.82) is 0 Å². The fraction of sp³-hybridized carbons (Fsp3) is 0.385. The van der Waals surface area contributed by atoms with Crippen LogP contribution in [0, 0.1) is 0 Å². The van der Waals surface area contributed by atoms with Gasteiger partial charge in [0.25, 0.3) is 5.91 Å². The Labute approximate surface area is 120 Å². The van der Waals surface area contributed by atoms with Crippen molar-refractivity contribution in [2.24, 2.45) is 0 Å². The molecule has 4 nitrogen and oxygen atoms in total. The molecule has 2 aliphatic rings. The average Bonchev–Trinajstić information content (AvgIpc) is 3.13. The quantitative estimate of drug-likeness (QED) is 0.873. The van der Waals surface area contributed by atoms with Gasteiger partial charge in [0.15, 0.2) is 0 Å². The number of amides is 2. The largest absolute Gasteiger partial charge is 0.373 e. The highest BCUT2D eigenvalue weighted by Crippen LogP contribution is 2.33. The van der Waals surface area contributed by atoms with Gasteiger partial charge in [-0.25, -0.2) is 0 Å². The maximum Gasteiger partial charge on any atom is 0.252 e. The number of rotatable bonds is 3. The van der Waals surface area contributed by atoms with Crippen molar-refractivity contribution in [2.45, 2.75) is 31.3 Å². The molecule has 0 aromatic heterocycles. The number of hydrogen-bond donors (Lipinski definition) is 1. The van der Waals surface area contributed by atoms with Gasteiger partial charge in [-0.2, -0.15) is 0 Å². The summed E-state index contributed by atoms with van der Waals surface area (Å²) in [4.78, 5) is 25.3. The first-order chi connectivity index (χ1) is 9.06. The summed E-state index contributed by atoms with van der Waals surface area (Å²) in [5, 5.41) is 3.92. The molecular weight excluding hydrogens is 287 g/mol. The summed E-state index contributed by atoms with van der Waals surface area (Å²) in [5.74, 6) is -0.233. The molecule has 19 heavy (non-hydrogen) atoms. The van der Waals surface area contributed by atoms with E-state index in [2.05, 4.69) is 5.32 Å². The van der Waals surface area contributed by atoms with E-state index in [1.807, 2.05) is 0 Å². The predicted octanol–water partition coefficient (Wildman–Crippen LogP) is 2.70. The molecule has 1 aliphatic heterocycles. The zero-order valence-electron chi connectivity index (χ0n) is 10.0. The maximum absolute atomic E-state index is 12.1. The fourth-order valence-corrected chi connectivity index (χ4v) is 2.57. The molecular formula is C13H12Cl2N2O2. The van der Waals surface area contributed by atoms with Crippen LogP contribution in [-0.4, -0.2) is 28.8 Å². The van der Waals surface area contributed by atoms with Gasteiger partial charge < -0.3 is 5.32 Å². The number of carbonyl (C=O) groups excluding carboxylic acids is 2. The number of nitrogens with one attached hydrogen (secondary N) is 1. The minimum Gasteiger partial charge on any atom is -0.373 e. The molecule has 0 spiro atoms. The van der Waals surface area contributed by atoms with Crippen LogP contribution in [0.2, 0.25) is 10.0 Å². The molecule has 2 amide bonds. The second-order valence-corrected chi connectivity index (χ2v) is 5.68. The molecule has 1 aromatic carbocycles. The van der Waals surface area contributed by atoms with Gasteiger partial charge in [0.2, 0.25) is 5.91 Å². The van der Waals surface area contributed by atoms with E-state index in [1.54, 1.807) is 18.2 Å². The summed E-state index contributed by atoms with van der Waals surface area (Å²) in [6, 6.07) is 4.69. The van der Waals surface area contributed by atoms with Crippen LogP contribution in [0.3, 0.4) is 0 Å². The number of benzene rings is 1. The second-order valence-electron chi connectivity index (χ2n) is 4.86. The smallest absolute Gasteiger partial charge is 0.252 e. The number of imide groups is 1. The van der Waals surface area contributed by atoms with Crippen LogP contribution in [0.1, 0.15) is 19.3 Å². The number of halogens is 2. The lowest BCUT2D eigenvalue weighted by Crippen LogP contribution is -2.36. The summed E-state index contributed by atoms with van der Waals surface area (Å²) in [6.45, 7) is 0. The highest BCUT2D eigenvalue weighted by Gasteiger charge is 2.46. The topological polar surface area (TPSA) is 49.4 Å². The van der Waals surface area contributed by atoms with Crippen molar-refractivity contribution >= 4 is 40.7 Å². The molecule has 1 unspecified atom stereocenters. The molecule has 1 saturated heterocycles. The van der Waals surface area contributed by atoms with Gasteiger partial charge in [-0.05, 0) is 31.0 Å². The SMILES string of the molecule is O=C1CC(Nc2ccc(Cl)c(Cl)c2)C(=O)N1C1CC1. The minimum atomic E-state index is -0.495. The summed E-state index contributed by atoms with van der Waals surface area (Å²) >= 11 is 11.8. The predicted molar refractivity (Wildman–Crippen MR) is 73.4 cm³/mol. The van der Waals surface area contributed by atoms with Crippen LogP contribution < -0.4 is 5.32 Å². The summed E-state index contributed by atoms with van der Waals surface area (Å²) in [7, 11) is 0. The van der Waals surface area contributed by atoms with Crippen molar-refractivity contribution in [3.8, 4) is 0 Å². The second kappa shape index (κ2) is 4.69. The van der Waals surface area contributed by atoms with Crippen LogP contribution in [0.25, 0.3) is 0 Å². The van der Waals surface area contributed by atoms with Crippen molar-refractivity contribution in [3.63, 3.8) is 0 Å². The first-order valence-corrected chi connectivity index (χ1v) is 6.89. The van der Waals surface area contributed by atoms with Crippen LogP contribution in [0.4, 0.5) is 5.69 Å².